The molecular weight excluding hydrogens is 434 g/mol. The Bertz CT molecular complexity index is 1190. The van der Waals surface area contributed by atoms with Crippen molar-refractivity contribution in [1.82, 2.24) is 24.8 Å². The summed E-state index contributed by atoms with van der Waals surface area (Å²) in [6.07, 6.45) is 3.01. The number of thiophene rings is 1. The fourth-order valence-corrected chi connectivity index (χ4v) is 4.42. The van der Waals surface area contributed by atoms with E-state index < -0.39 is 0 Å². The summed E-state index contributed by atoms with van der Waals surface area (Å²) in [4.78, 5) is 36.7. The standard InChI is InChI=1S/C20H19N7O2S2/c21-18-17-19(24-11-23-18)27(12-25-17)8-7-22-20(29)13-3-5-14(6-4-13)26-15(28)10-31-16-2-1-9-30-16/h1-6,9,11-12H,7-8,10H2,(H,22,29)(H,26,28)(H2,21,23,24). The van der Waals surface area contributed by atoms with Gasteiger partial charge < -0.3 is 20.9 Å². The molecule has 0 bridgehead atoms. The first-order valence-electron chi connectivity index (χ1n) is 9.36. The van der Waals surface area contributed by atoms with E-state index in [1.807, 2.05) is 17.5 Å². The molecule has 0 radical (unpaired) electrons. The Morgan fingerprint density at radius 3 is 2.74 bits per heavy atom. The van der Waals surface area contributed by atoms with Gasteiger partial charge in [-0.2, -0.15) is 0 Å². The number of hydrogen-bond donors (Lipinski definition) is 3. The third-order valence-corrected chi connectivity index (χ3v) is 6.47. The third-order valence-electron chi connectivity index (χ3n) is 4.34. The molecule has 0 saturated carbocycles. The number of benzene rings is 1. The lowest BCUT2D eigenvalue weighted by molar-refractivity contribution is -0.113. The van der Waals surface area contributed by atoms with Crippen molar-refractivity contribution in [3.8, 4) is 0 Å². The highest BCUT2D eigenvalue weighted by Crippen LogP contribution is 2.23. The molecule has 0 atom stereocenters. The molecule has 11 heteroatoms. The number of fused-ring (bicyclic) bond motifs is 1. The molecule has 4 N–H and O–H groups in total. The van der Waals surface area contributed by atoms with Crippen LogP contribution in [0.25, 0.3) is 11.2 Å². The van der Waals surface area contributed by atoms with Crippen molar-refractivity contribution in [3.63, 3.8) is 0 Å². The monoisotopic (exact) mass is 453 g/mol. The minimum atomic E-state index is -0.204. The summed E-state index contributed by atoms with van der Waals surface area (Å²) in [5.41, 5.74) is 8.10. The Kier molecular flexibility index (Phi) is 6.43. The number of nitrogens with zero attached hydrogens (tertiary/aromatic N) is 4. The molecule has 0 aliphatic rings. The summed E-state index contributed by atoms with van der Waals surface area (Å²) in [6.45, 7) is 0.890. The maximum Gasteiger partial charge on any atom is 0.251 e. The van der Waals surface area contributed by atoms with Gasteiger partial charge >= 0.3 is 0 Å². The van der Waals surface area contributed by atoms with Gasteiger partial charge in [-0.25, -0.2) is 15.0 Å². The van der Waals surface area contributed by atoms with Crippen LogP contribution in [0.4, 0.5) is 11.5 Å². The van der Waals surface area contributed by atoms with Crippen molar-refractivity contribution in [2.45, 2.75) is 10.8 Å². The molecule has 158 valence electrons. The summed E-state index contributed by atoms with van der Waals surface area (Å²) in [6, 6.07) is 10.7. The van der Waals surface area contributed by atoms with Crippen LogP contribution in [-0.2, 0) is 11.3 Å². The van der Waals surface area contributed by atoms with Gasteiger partial charge in [-0.1, -0.05) is 6.07 Å². The van der Waals surface area contributed by atoms with Crippen LogP contribution in [0, 0.1) is 0 Å². The zero-order valence-corrected chi connectivity index (χ0v) is 17.9. The molecule has 4 rings (SSSR count). The summed E-state index contributed by atoms with van der Waals surface area (Å²) in [5, 5.41) is 7.67. The SMILES string of the molecule is Nc1ncnc2c1ncn2CCNC(=O)c1ccc(NC(=O)CSc2cccs2)cc1. The molecule has 3 aromatic heterocycles. The molecule has 31 heavy (non-hydrogen) atoms. The van der Waals surface area contributed by atoms with Gasteiger partial charge in [-0.3, -0.25) is 9.59 Å². The van der Waals surface area contributed by atoms with E-state index in [2.05, 4.69) is 25.6 Å². The molecule has 2 amide bonds. The van der Waals surface area contributed by atoms with Crippen LogP contribution in [0.5, 0.6) is 0 Å². The number of imidazole rings is 1. The lowest BCUT2D eigenvalue weighted by Gasteiger charge is -2.08. The smallest absolute Gasteiger partial charge is 0.251 e. The number of anilines is 2. The van der Waals surface area contributed by atoms with Crippen LogP contribution in [0.1, 0.15) is 10.4 Å². The van der Waals surface area contributed by atoms with E-state index in [-0.39, 0.29) is 11.8 Å². The van der Waals surface area contributed by atoms with Gasteiger partial charge in [0.2, 0.25) is 5.91 Å². The second kappa shape index (κ2) is 9.58. The van der Waals surface area contributed by atoms with E-state index in [1.54, 1.807) is 46.5 Å². The molecule has 0 fully saturated rings. The fourth-order valence-electron chi connectivity index (χ4n) is 2.84. The number of thioether (sulfide) groups is 1. The Balaban J connectivity index is 1.26. The predicted octanol–water partition coefficient (Wildman–Crippen LogP) is 2.63. The summed E-state index contributed by atoms with van der Waals surface area (Å²) in [7, 11) is 0. The molecule has 1 aromatic carbocycles. The maximum absolute atomic E-state index is 12.4. The Morgan fingerprint density at radius 1 is 1.13 bits per heavy atom. The Morgan fingerprint density at radius 2 is 1.97 bits per heavy atom. The molecule has 0 aliphatic heterocycles. The second-order valence-electron chi connectivity index (χ2n) is 6.47. The largest absolute Gasteiger partial charge is 0.382 e. The first-order valence-corrected chi connectivity index (χ1v) is 11.2. The molecule has 0 aliphatic carbocycles. The van der Waals surface area contributed by atoms with Gasteiger partial charge in [0, 0.05) is 24.3 Å². The lowest BCUT2D eigenvalue weighted by atomic mass is 10.2. The highest BCUT2D eigenvalue weighted by atomic mass is 32.2. The van der Waals surface area contributed by atoms with Gasteiger partial charge in [0.1, 0.15) is 11.8 Å². The molecule has 9 nitrogen and oxygen atoms in total. The van der Waals surface area contributed by atoms with Crippen LogP contribution in [-0.4, -0.2) is 43.6 Å². The number of nitrogen functional groups attached to an aromatic ring is 1. The molecule has 0 saturated heterocycles. The number of carbonyl (C=O) groups is 2. The zero-order valence-electron chi connectivity index (χ0n) is 16.3. The van der Waals surface area contributed by atoms with Gasteiger partial charge in [0.05, 0.1) is 16.3 Å². The van der Waals surface area contributed by atoms with Crippen molar-refractivity contribution < 1.29 is 9.59 Å². The van der Waals surface area contributed by atoms with E-state index in [9.17, 15) is 9.59 Å². The third kappa shape index (κ3) is 5.19. The van der Waals surface area contributed by atoms with Gasteiger partial charge in [0.15, 0.2) is 11.5 Å². The normalized spacial score (nSPS) is 10.8. The van der Waals surface area contributed by atoms with Crippen LogP contribution < -0.4 is 16.4 Å². The van der Waals surface area contributed by atoms with Crippen molar-refractivity contribution >= 4 is 57.6 Å². The number of nitrogens with two attached hydrogens (primary N) is 1. The van der Waals surface area contributed by atoms with Crippen LogP contribution in [0.15, 0.2) is 58.6 Å². The van der Waals surface area contributed by atoms with Crippen LogP contribution >= 0.6 is 23.1 Å². The van der Waals surface area contributed by atoms with Crippen molar-refractivity contribution in [2.75, 3.05) is 23.3 Å². The van der Waals surface area contributed by atoms with Crippen molar-refractivity contribution in [1.29, 1.82) is 0 Å². The van der Waals surface area contributed by atoms with Crippen molar-refractivity contribution in [2.24, 2.45) is 0 Å². The predicted molar refractivity (Wildman–Crippen MR) is 122 cm³/mol. The average Bonchev–Trinajstić information content (AvgIpc) is 3.44. The number of nitrogens with one attached hydrogen (secondary N) is 2. The first kappa shape index (κ1) is 20.8. The second-order valence-corrected chi connectivity index (χ2v) is 8.69. The van der Waals surface area contributed by atoms with E-state index in [4.69, 9.17) is 5.73 Å². The minimum absolute atomic E-state index is 0.0902. The van der Waals surface area contributed by atoms with E-state index in [1.165, 1.54) is 18.1 Å². The number of hydrogen-bond acceptors (Lipinski definition) is 8. The molecule has 0 unspecified atom stereocenters. The maximum atomic E-state index is 12.4. The Hall–Kier alpha value is -3.44. The highest BCUT2D eigenvalue weighted by Gasteiger charge is 2.10. The van der Waals surface area contributed by atoms with Crippen molar-refractivity contribution in [3.05, 3.63) is 60.0 Å². The van der Waals surface area contributed by atoms with E-state index in [0.717, 1.165) is 4.21 Å². The van der Waals surface area contributed by atoms with E-state index >= 15 is 0 Å². The fraction of sp³-hybridized carbons (Fsp3) is 0.150. The minimum Gasteiger partial charge on any atom is -0.382 e. The number of amides is 2. The number of carbonyl (C=O) groups excluding carboxylic acids is 2. The lowest BCUT2D eigenvalue weighted by Crippen LogP contribution is -2.27. The summed E-state index contributed by atoms with van der Waals surface area (Å²) in [5.74, 6) is 0.366. The van der Waals surface area contributed by atoms with Crippen LogP contribution in [0.2, 0.25) is 0 Å². The molecule has 3 heterocycles. The number of rotatable bonds is 8. The molecular formula is C20H19N7O2S2. The van der Waals surface area contributed by atoms with Gasteiger partial charge in [-0.15, -0.1) is 23.1 Å². The summed E-state index contributed by atoms with van der Waals surface area (Å²) < 4.78 is 2.90. The van der Waals surface area contributed by atoms with E-state index in [0.29, 0.717) is 47.1 Å². The average molecular weight is 454 g/mol. The number of aromatic nitrogens is 4. The topological polar surface area (TPSA) is 128 Å². The first-order chi connectivity index (χ1) is 15.1. The Labute approximate surface area is 186 Å². The zero-order chi connectivity index (χ0) is 21.6. The highest BCUT2D eigenvalue weighted by molar-refractivity contribution is 8.01. The summed E-state index contributed by atoms with van der Waals surface area (Å²) >= 11 is 3.10. The quantitative estimate of drug-likeness (QED) is 0.350. The molecule has 0 spiro atoms. The van der Waals surface area contributed by atoms with Gasteiger partial charge in [0.25, 0.3) is 5.91 Å². The van der Waals surface area contributed by atoms with Crippen LogP contribution in [0.3, 0.4) is 0 Å². The van der Waals surface area contributed by atoms with Gasteiger partial charge in [-0.05, 0) is 35.7 Å². The molecule has 4 aromatic rings.